The summed E-state index contributed by atoms with van der Waals surface area (Å²) in [7, 11) is 1.69. The second-order valence-corrected chi connectivity index (χ2v) is 5.31. The van der Waals surface area contributed by atoms with E-state index in [9.17, 15) is 0 Å². The van der Waals surface area contributed by atoms with Crippen LogP contribution >= 0.6 is 0 Å². The van der Waals surface area contributed by atoms with Gasteiger partial charge < -0.3 is 14.8 Å². The lowest BCUT2D eigenvalue weighted by molar-refractivity contribution is -0.0107. The molecule has 0 spiro atoms. The standard InChI is InChI=1S/C16H27NO2/c1-6-15(17-12-16(3,4)19-7-2)13-8-10-14(18-5)11-9-13/h8-11,15,17H,6-7,12H2,1-5H3. The summed E-state index contributed by atoms with van der Waals surface area (Å²) in [5.41, 5.74) is 1.16. The minimum Gasteiger partial charge on any atom is -0.497 e. The maximum atomic E-state index is 5.71. The summed E-state index contributed by atoms with van der Waals surface area (Å²) in [4.78, 5) is 0. The first-order valence-corrected chi connectivity index (χ1v) is 7.03. The van der Waals surface area contributed by atoms with Crippen molar-refractivity contribution >= 4 is 0 Å². The van der Waals surface area contributed by atoms with Crippen molar-refractivity contribution in [2.24, 2.45) is 0 Å². The van der Waals surface area contributed by atoms with Gasteiger partial charge in [-0.3, -0.25) is 0 Å². The van der Waals surface area contributed by atoms with E-state index in [4.69, 9.17) is 9.47 Å². The Bertz CT molecular complexity index is 360. The quantitative estimate of drug-likeness (QED) is 0.779. The average molecular weight is 265 g/mol. The van der Waals surface area contributed by atoms with Gasteiger partial charge in [0.05, 0.1) is 12.7 Å². The summed E-state index contributed by atoms with van der Waals surface area (Å²) in [5, 5.41) is 3.58. The molecule has 0 aliphatic carbocycles. The number of hydrogen-bond acceptors (Lipinski definition) is 3. The highest BCUT2D eigenvalue weighted by molar-refractivity contribution is 5.29. The van der Waals surface area contributed by atoms with Crippen molar-refractivity contribution < 1.29 is 9.47 Å². The molecule has 0 saturated carbocycles. The highest BCUT2D eigenvalue weighted by atomic mass is 16.5. The van der Waals surface area contributed by atoms with E-state index in [1.165, 1.54) is 5.56 Å². The predicted molar refractivity (Wildman–Crippen MR) is 79.7 cm³/mol. The number of methoxy groups -OCH3 is 1. The van der Waals surface area contributed by atoms with Crippen LogP contribution in [0.25, 0.3) is 0 Å². The molecule has 0 amide bonds. The van der Waals surface area contributed by atoms with Crippen LogP contribution in [0.15, 0.2) is 24.3 Å². The van der Waals surface area contributed by atoms with Crippen LogP contribution < -0.4 is 10.1 Å². The zero-order chi connectivity index (χ0) is 14.3. The topological polar surface area (TPSA) is 30.5 Å². The maximum absolute atomic E-state index is 5.71. The van der Waals surface area contributed by atoms with Crippen LogP contribution in [0.2, 0.25) is 0 Å². The Hall–Kier alpha value is -1.06. The Morgan fingerprint density at radius 2 is 1.79 bits per heavy atom. The van der Waals surface area contributed by atoms with E-state index in [1.807, 2.05) is 19.1 Å². The molecule has 0 aliphatic rings. The van der Waals surface area contributed by atoms with Crippen LogP contribution in [0.3, 0.4) is 0 Å². The Morgan fingerprint density at radius 3 is 2.26 bits per heavy atom. The van der Waals surface area contributed by atoms with Gasteiger partial charge in [-0.05, 0) is 44.9 Å². The van der Waals surface area contributed by atoms with Crippen LogP contribution in [0.5, 0.6) is 5.75 Å². The third-order valence-electron chi connectivity index (χ3n) is 3.24. The van der Waals surface area contributed by atoms with Crippen LogP contribution in [0, 0.1) is 0 Å². The van der Waals surface area contributed by atoms with E-state index in [0.29, 0.717) is 6.04 Å². The fourth-order valence-electron chi connectivity index (χ4n) is 2.14. The van der Waals surface area contributed by atoms with Crippen molar-refractivity contribution in [3.05, 3.63) is 29.8 Å². The second-order valence-electron chi connectivity index (χ2n) is 5.31. The molecule has 0 bridgehead atoms. The number of benzene rings is 1. The first-order valence-electron chi connectivity index (χ1n) is 7.03. The lowest BCUT2D eigenvalue weighted by Gasteiger charge is -2.28. The van der Waals surface area contributed by atoms with Gasteiger partial charge in [0, 0.05) is 19.2 Å². The van der Waals surface area contributed by atoms with Crippen LogP contribution in [0.4, 0.5) is 0 Å². The molecule has 1 aromatic rings. The molecule has 1 N–H and O–H groups in total. The Kier molecular flexibility index (Phi) is 6.32. The minimum absolute atomic E-state index is 0.130. The molecule has 19 heavy (non-hydrogen) atoms. The van der Waals surface area contributed by atoms with Crippen molar-refractivity contribution in [2.45, 2.75) is 45.8 Å². The van der Waals surface area contributed by atoms with Crippen LogP contribution in [0.1, 0.15) is 45.7 Å². The molecule has 108 valence electrons. The molecule has 0 heterocycles. The SMILES string of the molecule is CCOC(C)(C)CNC(CC)c1ccc(OC)cc1. The highest BCUT2D eigenvalue weighted by Gasteiger charge is 2.19. The van der Waals surface area contributed by atoms with Gasteiger partial charge in [-0.15, -0.1) is 0 Å². The van der Waals surface area contributed by atoms with Gasteiger partial charge in [0.25, 0.3) is 0 Å². The summed E-state index contributed by atoms with van der Waals surface area (Å²) in [6, 6.07) is 8.60. The molecule has 0 aliphatic heterocycles. The molecule has 1 rings (SSSR count). The second kappa shape index (κ2) is 7.51. The van der Waals surface area contributed by atoms with E-state index < -0.39 is 0 Å². The molecule has 1 unspecified atom stereocenters. The first kappa shape index (κ1) is 16.0. The lowest BCUT2D eigenvalue weighted by atomic mass is 10.0. The van der Waals surface area contributed by atoms with Gasteiger partial charge in [-0.1, -0.05) is 19.1 Å². The monoisotopic (exact) mass is 265 g/mol. The summed E-state index contributed by atoms with van der Waals surface area (Å²) in [6.07, 6.45) is 1.05. The maximum Gasteiger partial charge on any atom is 0.118 e. The molecule has 0 fully saturated rings. The zero-order valence-corrected chi connectivity index (χ0v) is 12.8. The van der Waals surface area contributed by atoms with Gasteiger partial charge in [0.15, 0.2) is 0 Å². The van der Waals surface area contributed by atoms with E-state index in [-0.39, 0.29) is 5.60 Å². The van der Waals surface area contributed by atoms with Crippen molar-refractivity contribution in [2.75, 3.05) is 20.3 Å². The molecular weight excluding hydrogens is 238 g/mol. The van der Waals surface area contributed by atoms with E-state index >= 15 is 0 Å². The van der Waals surface area contributed by atoms with E-state index in [1.54, 1.807) is 7.11 Å². The van der Waals surface area contributed by atoms with Crippen LogP contribution in [-0.4, -0.2) is 25.9 Å². The summed E-state index contributed by atoms with van der Waals surface area (Å²) in [5.74, 6) is 0.897. The fourth-order valence-corrected chi connectivity index (χ4v) is 2.14. The van der Waals surface area contributed by atoms with E-state index in [0.717, 1.165) is 25.3 Å². The number of hydrogen-bond donors (Lipinski definition) is 1. The molecule has 1 atom stereocenters. The van der Waals surface area contributed by atoms with Crippen molar-refractivity contribution in [1.29, 1.82) is 0 Å². The molecule has 0 saturated heterocycles. The zero-order valence-electron chi connectivity index (χ0n) is 12.8. The summed E-state index contributed by atoms with van der Waals surface area (Å²) in [6.45, 7) is 10.0. The Labute approximate surface area is 117 Å². The Balaban J connectivity index is 2.62. The third kappa shape index (κ3) is 5.21. The third-order valence-corrected chi connectivity index (χ3v) is 3.24. The first-order chi connectivity index (χ1) is 9.02. The van der Waals surface area contributed by atoms with Gasteiger partial charge >= 0.3 is 0 Å². The normalized spacial score (nSPS) is 13.3. The summed E-state index contributed by atoms with van der Waals surface area (Å²) >= 11 is 0. The fraction of sp³-hybridized carbons (Fsp3) is 0.625. The van der Waals surface area contributed by atoms with Gasteiger partial charge in [0.1, 0.15) is 5.75 Å². The number of rotatable bonds is 8. The molecule has 1 aromatic carbocycles. The largest absolute Gasteiger partial charge is 0.497 e. The molecule has 3 nitrogen and oxygen atoms in total. The van der Waals surface area contributed by atoms with Gasteiger partial charge in [0.2, 0.25) is 0 Å². The van der Waals surface area contributed by atoms with Crippen molar-refractivity contribution in [3.63, 3.8) is 0 Å². The van der Waals surface area contributed by atoms with E-state index in [2.05, 4.69) is 38.2 Å². The highest BCUT2D eigenvalue weighted by Crippen LogP contribution is 2.21. The number of nitrogens with one attached hydrogen (secondary N) is 1. The predicted octanol–water partition coefficient (Wildman–Crippen LogP) is 3.55. The molecular formula is C16H27NO2. The summed E-state index contributed by atoms with van der Waals surface area (Å²) < 4.78 is 10.9. The van der Waals surface area contributed by atoms with Crippen LogP contribution in [-0.2, 0) is 4.74 Å². The van der Waals surface area contributed by atoms with Crippen molar-refractivity contribution in [3.8, 4) is 5.75 Å². The Morgan fingerprint density at radius 1 is 1.16 bits per heavy atom. The molecule has 0 radical (unpaired) electrons. The smallest absolute Gasteiger partial charge is 0.118 e. The molecule has 0 aromatic heterocycles. The van der Waals surface area contributed by atoms with Crippen molar-refractivity contribution in [1.82, 2.24) is 5.32 Å². The molecule has 3 heteroatoms. The minimum atomic E-state index is -0.130. The lowest BCUT2D eigenvalue weighted by Crippen LogP contribution is -2.39. The number of ether oxygens (including phenoxy) is 2. The average Bonchev–Trinajstić information content (AvgIpc) is 2.40. The van der Waals surface area contributed by atoms with Gasteiger partial charge in [-0.25, -0.2) is 0 Å². The van der Waals surface area contributed by atoms with Gasteiger partial charge in [-0.2, -0.15) is 0 Å².